The maximum absolute atomic E-state index is 13.3. The van der Waals surface area contributed by atoms with Crippen LogP contribution in [-0.4, -0.2) is 41.9 Å². The van der Waals surface area contributed by atoms with Gasteiger partial charge in [-0.3, -0.25) is 14.6 Å². The van der Waals surface area contributed by atoms with Crippen molar-refractivity contribution in [2.75, 3.05) is 13.1 Å². The van der Waals surface area contributed by atoms with E-state index < -0.39 is 36.9 Å². The summed E-state index contributed by atoms with van der Waals surface area (Å²) in [6.07, 6.45) is 3.03. The number of pyridine rings is 1. The van der Waals surface area contributed by atoms with Gasteiger partial charge in [0.2, 0.25) is 5.91 Å². The first kappa shape index (κ1) is 25.7. The average Bonchev–Trinajstić information content (AvgIpc) is 2.67. The number of alkyl halides is 2. The first-order chi connectivity index (χ1) is 12.4. The van der Waals surface area contributed by atoms with Gasteiger partial charge in [-0.25, -0.2) is 8.78 Å². The Hall–Kier alpha value is -2.29. The Balaban J connectivity index is 0.00000364. The highest BCUT2D eigenvalue weighted by Gasteiger charge is 2.29. The fourth-order valence-corrected chi connectivity index (χ4v) is 2.21. The number of nitrogens with zero attached hydrogens (tertiary/aromatic N) is 1. The van der Waals surface area contributed by atoms with E-state index in [4.69, 9.17) is 5.73 Å². The van der Waals surface area contributed by atoms with Crippen LogP contribution >= 0.6 is 24.8 Å². The Kier molecular flexibility index (Phi) is 11.2. The number of carbonyl (C=O) groups excluding carboxylic acids is 2. The molecule has 10 heteroatoms. The molecule has 0 saturated heterocycles. The van der Waals surface area contributed by atoms with Crippen molar-refractivity contribution in [3.8, 4) is 0 Å². The molecule has 1 heterocycles. The number of hydrogen-bond acceptors (Lipinski definition) is 4. The summed E-state index contributed by atoms with van der Waals surface area (Å²) < 4.78 is 26.6. The topological polar surface area (TPSA) is 97.1 Å². The molecule has 6 nitrogen and oxygen atoms in total. The number of rotatable bonds is 8. The van der Waals surface area contributed by atoms with E-state index in [1.165, 1.54) is 12.4 Å². The molecule has 1 aromatic heterocycles. The first-order valence-electron chi connectivity index (χ1n) is 8.02. The molecule has 2 amide bonds. The predicted molar refractivity (Wildman–Crippen MR) is 107 cm³/mol. The van der Waals surface area contributed by atoms with Crippen molar-refractivity contribution in [3.63, 3.8) is 0 Å². The maximum Gasteiger partial charge on any atom is 0.277 e. The van der Waals surface area contributed by atoms with E-state index in [9.17, 15) is 18.4 Å². The summed E-state index contributed by atoms with van der Waals surface area (Å²) in [5.74, 6) is -4.43. The summed E-state index contributed by atoms with van der Waals surface area (Å²) in [6.45, 7) is -1.77. The third-order valence-electron chi connectivity index (χ3n) is 3.65. The second kappa shape index (κ2) is 12.2. The third kappa shape index (κ3) is 8.16. The van der Waals surface area contributed by atoms with Gasteiger partial charge in [-0.15, -0.1) is 24.8 Å². The Morgan fingerprint density at radius 2 is 1.79 bits per heavy atom. The summed E-state index contributed by atoms with van der Waals surface area (Å²) in [7, 11) is 0. The SMILES string of the molecule is Cl.Cl.NCC(F)(F)CNC(=O)C(Cc1ccccc1)NC(=O)c1cccnc1. The molecule has 1 unspecified atom stereocenters. The van der Waals surface area contributed by atoms with Gasteiger partial charge in [0.1, 0.15) is 6.04 Å². The van der Waals surface area contributed by atoms with Gasteiger partial charge < -0.3 is 16.4 Å². The highest BCUT2D eigenvalue weighted by Crippen LogP contribution is 2.10. The van der Waals surface area contributed by atoms with Crippen molar-refractivity contribution in [2.45, 2.75) is 18.4 Å². The van der Waals surface area contributed by atoms with Gasteiger partial charge in [0.15, 0.2) is 0 Å². The van der Waals surface area contributed by atoms with E-state index in [0.717, 1.165) is 5.56 Å². The molecule has 2 aromatic rings. The summed E-state index contributed by atoms with van der Waals surface area (Å²) in [5, 5.41) is 4.72. The van der Waals surface area contributed by atoms with Crippen molar-refractivity contribution < 1.29 is 18.4 Å². The van der Waals surface area contributed by atoms with Crippen molar-refractivity contribution in [1.82, 2.24) is 15.6 Å². The predicted octanol–water partition coefficient (Wildman–Crippen LogP) is 1.98. The lowest BCUT2D eigenvalue weighted by Gasteiger charge is -2.21. The zero-order chi connectivity index (χ0) is 19.0. The molecule has 0 bridgehead atoms. The highest BCUT2D eigenvalue weighted by atomic mass is 35.5. The fraction of sp³-hybridized carbons (Fsp3) is 0.278. The van der Waals surface area contributed by atoms with E-state index in [2.05, 4.69) is 15.6 Å². The number of halogens is 4. The van der Waals surface area contributed by atoms with Crippen molar-refractivity contribution >= 4 is 36.6 Å². The zero-order valence-electron chi connectivity index (χ0n) is 14.8. The number of aromatic nitrogens is 1. The number of hydrogen-bond donors (Lipinski definition) is 3. The second-order valence-corrected chi connectivity index (χ2v) is 5.74. The van der Waals surface area contributed by atoms with Crippen LogP contribution in [0, 0.1) is 0 Å². The van der Waals surface area contributed by atoms with Gasteiger partial charge in [-0.1, -0.05) is 30.3 Å². The smallest absolute Gasteiger partial charge is 0.277 e. The molecule has 0 spiro atoms. The number of carbonyl (C=O) groups is 2. The Morgan fingerprint density at radius 1 is 1.11 bits per heavy atom. The molecule has 1 aromatic carbocycles. The minimum Gasteiger partial charge on any atom is -0.348 e. The molecule has 2 rings (SSSR count). The van der Waals surface area contributed by atoms with Crippen molar-refractivity contribution in [3.05, 3.63) is 66.0 Å². The maximum atomic E-state index is 13.3. The van der Waals surface area contributed by atoms with Gasteiger partial charge in [0.05, 0.1) is 18.7 Å². The van der Waals surface area contributed by atoms with E-state index in [0.29, 0.717) is 0 Å². The van der Waals surface area contributed by atoms with Crippen LogP contribution in [-0.2, 0) is 11.2 Å². The molecular weight excluding hydrogens is 413 g/mol. The van der Waals surface area contributed by atoms with E-state index in [1.807, 2.05) is 6.07 Å². The summed E-state index contributed by atoms with van der Waals surface area (Å²) >= 11 is 0. The normalized spacial score (nSPS) is 11.4. The lowest BCUT2D eigenvalue weighted by Crippen LogP contribution is -2.51. The number of benzene rings is 1. The standard InChI is InChI=1S/C18H20F2N4O2.2ClH/c19-18(20,11-21)12-23-17(26)15(9-13-5-2-1-3-6-13)24-16(25)14-7-4-8-22-10-14;;/h1-8,10,15H,9,11-12,21H2,(H,23,26)(H,24,25);2*1H. The molecule has 0 radical (unpaired) electrons. The monoisotopic (exact) mass is 434 g/mol. The quantitative estimate of drug-likeness (QED) is 0.591. The summed E-state index contributed by atoms with van der Waals surface area (Å²) in [4.78, 5) is 28.5. The van der Waals surface area contributed by atoms with Gasteiger partial charge in [-0.05, 0) is 17.7 Å². The van der Waals surface area contributed by atoms with Crippen molar-refractivity contribution in [1.29, 1.82) is 0 Å². The Morgan fingerprint density at radius 3 is 2.36 bits per heavy atom. The molecule has 1 atom stereocenters. The molecular formula is C18H22Cl2F2N4O2. The summed E-state index contributed by atoms with van der Waals surface area (Å²) in [5.41, 5.74) is 6.02. The van der Waals surface area contributed by atoms with Crippen LogP contribution in [0.5, 0.6) is 0 Å². The van der Waals surface area contributed by atoms with E-state index >= 15 is 0 Å². The molecule has 0 aliphatic heterocycles. The van der Waals surface area contributed by atoms with Crippen LogP contribution in [0.2, 0.25) is 0 Å². The van der Waals surface area contributed by atoms with Gasteiger partial charge in [0.25, 0.3) is 11.8 Å². The van der Waals surface area contributed by atoms with Crippen LogP contribution in [0.4, 0.5) is 8.78 Å². The number of nitrogens with one attached hydrogen (secondary N) is 2. The minimum atomic E-state index is -3.21. The number of amides is 2. The van der Waals surface area contributed by atoms with Crippen LogP contribution in [0.15, 0.2) is 54.9 Å². The van der Waals surface area contributed by atoms with Gasteiger partial charge in [-0.2, -0.15) is 0 Å². The van der Waals surface area contributed by atoms with Crippen LogP contribution in [0.25, 0.3) is 0 Å². The molecule has 0 fully saturated rings. The first-order valence-corrected chi connectivity index (χ1v) is 8.02. The zero-order valence-corrected chi connectivity index (χ0v) is 16.4. The Labute approximate surface area is 174 Å². The van der Waals surface area contributed by atoms with E-state index in [1.54, 1.807) is 36.4 Å². The molecule has 154 valence electrons. The third-order valence-corrected chi connectivity index (χ3v) is 3.65. The molecule has 0 aliphatic rings. The number of nitrogens with two attached hydrogens (primary N) is 1. The van der Waals surface area contributed by atoms with Crippen LogP contribution in [0.1, 0.15) is 15.9 Å². The van der Waals surface area contributed by atoms with Gasteiger partial charge in [0, 0.05) is 18.8 Å². The molecule has 0 aliphatic carbocycles. The molecule has 4 N–H and O–H groups in total. The lowest BCUT2D eigenvalue weighted by molar-refractivity contribution is -0.124. The second-order valence-electron chi connectivity index (χ2n) is 5.74. The minimum absolute atomic E-state index is 0. The highest BCUT2D eigenvalue weighted by molar-refractivity contribution is 5.97. The van der Waals surface area contributed by atoms with Crippen LogP contribution in [0.3, 0.4) is 0 Å². The largest absolute Gasteiger partial charge is 0.348 e. The Bertz CT molecular complexity index is 737. The molecule has 0 saturated carbocycles. The lowest BCUT2D eigenvalue weighted by atomic mass is 10.0. The van der Waals surface area contributed by atoms with Gasteiger partial charge >= 0.3 is 0 Å². The van der Waals surface area contributed by atoms with Crippen molar-refractivity contribution in [2.24, 2.45) is 5.73 Å². The van der Waals surface area contributed by atoms with E-state index in [-0.39, 0.29) is 36.8 Å². The molecule has 28 heavy (non-hydrogen) atoms. The fourth-order valence-electron chi connectivity index (χ4n) is 2.21. The van der Waals surface area contributed by atoms with Crippen LogP contribution < -0.4 is 16.4 Å². The average molecular weight is 435 g/mol. The summed E-state index contributed by atoms with van der Waals surface area (Å²) in [6, 6.07) is 11.1.